The van der Waals surface area contributed by atoms with Crippen LogP contribution >= 0.6 is 0 Å². The van der Waals surface area contributed by atoms with Crippen molar-refractivity contribution < 1.29 is 19.7 Å². The Morgan fingerprint density at radius 1 is 1.50 bits per heavy atom. The van der Waals surface area contributed by atoms with Gasteiger partial charge in [0.05, 0.1) is 12.7 Å². The lowest BCUT2D eigenvalue weighted by Gasteiger charge is -2.22. The molecule has 1 aliphatic rings. The van der Waals surface area contributed by atoms with Crippen LogP contribution in [0.15, 0.2) is 0 Å². The molecule has 1 saturated heterocycles. The average Bonchev–Trinajstić information content (AvgIpc) is 2.67. The smallest absolute Gasteiger partial charge is 0.332 e. The summed E-state index contributed by atoms with van der Waals surface area (Å²) < 4.78 is 5.35. The molecule has 0 spiro atoms. The lowest BCUT2D eigenvalue weighted by molar-refractivity contribution is -0.149. The highest BCUT2D eigenvalue weighted by molar-refractivity contribution is 5.72. The van der Waals surface area contributed by atoms with E-state index in [1.807, 2.05) is 13.8 Å². The second-order valence-corrected chi connectivity index (χ2v) is 4.60. The molecule has 1 heterocycles. The Bertz CT molecular complexity index is 232. The van der Waals surface area contributed by atoms with E-state index in [0.29, 0.717) is 18.9 Å². The molecule has 0 aliphatic carbocycles. The summed E-state index contributed by atoms with van der Waals surface area (Å²) in [5.41, 5.74) is 0. The fourth-order valence-corrected chi connectivity index (χ4v) is 1.83. The van der Waals surface area contributed by atoms with Crippen molar-refractivity contribution in [3.63, 3.8) is 0 Å². The molecule has 0 amide bonds. The van der Waals surface area contributed by atoms with Crippen molar-refractivity contribution in [3.8, 4) is 0 Å². The van der Waals surface area contributed by atoms with E-state index in [2.05, 4.69) is 5.32 Å². The van der Waals surface area contributed by atoms with Crippen LogP contribution in [0.1, 0.15) is 26.7 Å². The van der Waals surface area contributed by atoms with Gasteiger partial charge in [-0.15, -0.1) is 0 Å². The number of aliphatic hydroxyl groups excluding tert-OH is 1. The van der Waals surface area contributed by atoms with E-state index >= 15 is 0 Å². The van der Waals surface area contributed by atoms with E-state index in [1.165, 1.54) is 0 Å². The molecule has 1 rings (SSSR count). The highest BCUT2D eigenvalue weighted by atomic mass is 16.5. The summed E-state index contributed by atoms with van der Waals surface area (Å²) in [6, 6.07) is 0.0486. The van der Waals surface area contributed by atoms with Crippen LogP contribution in [0.2, 0.25) is 0 Å². The van der Waals surface area contributed by atoms with Crippen molar-refractivity contribution in [2.24, 2.45) is 5.92 Å². The third kappa shape index (κ3) is 3.73. The van der Waals surface area contributed by atoms with E-state index in [1.54, 1.807) is 0 Å². The minimum Gasteiger partial charge on any atom is -0.479 e. The molecule has 94 valence electrons. The quantitative estimate of drug-likeness (QED) is 0.609. The number of aliphatic carboxylic acids is 1. The van der Waals surface area contributed by atoms with Crippen LogP contribution in [-0.2, 0) is 9.53 Å². The first-order chi connectivity index (χ1) is 7.54. The zero-order chi connectivity index (χ0) is 12.1. The van der Waals surface area contributed by atoms with E-state index in [9.17, 15) is 4.79 Å². The predicted molar refractivity (Wildman–Crippen MR) is 59.2 cm³/mol. The van der Waals surface area contributed by atoms with E-state index in [-0.39, 0.29) is 18.8 Å². The maximum Gasteiger partial charge on any atom is 0.332 e. The molecule has 0 aromatic rings. The van der Waals surface area contributed by atoms with Crippen LogP contribution < -0.4 is 5.32 Å². The third-order valence-corrected chi connectivity index (χ3v) is 2.99. The average molecular weight is 231 g/mol. The predicted octanol–water partition coefficient (Wildman–Crippen LogP) is 0.225. The van der Waals surface area contributed by atoms with Crippen molar-refractivity contribution >= 4 is 5.97 Å². The number of rotatable bonds is 6. The van der Waals surface area contributed by atoms with Gasteiger partial charge in [-0.1, -0.05) is 13.8 Å². The van der Waals surface area contributed by atoms with E-state index in [4.69, 9.17) is 14.9 Å². The highest BCUT2D eigenvalue weighted by Crippen LogP contribution is 2.19. The van der Waals surface area contributed by atoms with Crippen molar-refractivity contribution in [2.45, 2.75) is 44.9 Å². The van der Waals surface area contributed by atoms with Crippen LogP contribution in [0.4, 0.5) is 0 Å². The van der Waals surface area contributed by atoms with Crippen LogP contribution in [0.3, 0.4) is 0 Å². The fourth-order valence-electron chi connectivity index (χ4n) is 1.83. The minimum absolute atomic E-state index is 0.0473. The maximum absolute atomic E-state index is 10.7. The summed E-state index contributed by atoms with van der Waals surface area (Å²) in [6.07, 6.45) is 0.639. The number of hydrogen-bond donors (Lipinski definition) is 3. The molecule has 1 fully saturated rings. The molecule has 0 saturated carbocycles. The number of carbonyl (C=O) groups is 1. The zero-order valence-corrected chi connectivity index (χ0v) is 9.85. The normalized spacial score (nSPS) is 27.2. The lowest BCUT2D eigenvalue weighted by Crippen LogP contribution is -2.41. The summed E-state index contributed by atoms with van der Waals surface area (Å²) in [7, 11) is 0. The van der Waals surface area contributed by atoms with Crippen molar-refractivity contribution in [2.75, 3.05) is 13.2 Å². The van der Waals surface area contributed by atoms with Gasteiger partial charge in [0.15, 0.2) is 6.10 Å². The Hall–Kier alpha value is -0.650. The number of carboxylic acid groups (broad SMARTS) is 1. The van der Waals surface area contributed by atoms with Gasteiger partial charge in [0, 0.05) is 12.6 Å². The number of ether oxygens (including phenoxy) is 1. The molecule has 3 unspecified atom stereocenters. The second kappa shape index (κ2) is 6.18. The van der Waals surface area contributed by atoms with E-state index in [0.717, 1.165) is 6.42 Å². The summed E-state index contributed by atoms with van der Waals surface area (Å²) in [5, 5.41) is 21.1. The summed E-state index contributed by atoms with van der Waals surface area (Å²) in [5.74, 6) is -0.535. The molecule has 5 nitrogen and oxygen atoms in total. The Morgan fingerprint density at radius 3 is 2.62 bits per heavy atom. The summed E-state index contributed by atoms with van der Waals surface area (Å²) in [6.45, 7) is 4.76. The molecule has 0 bridgehead atoms. The van der Waals surface area contributed by atoms with Gasteiger partial charge >= 0.3 is 5.97 Å². The number of hydrogen-bond acceptors (Lipinski definition) is 4. The largest absolute Gasteiger partial charge is 0.479 e. The van der Waals surface area contributed by atoms with Gasteiger partial charge in [0.1, 0.15) is 0 Å². The molecule has 5 heteroatoms. The summed E-state index contributed by atoms with van der Waals surface area (Å²) >= 11 is 0. The maximum atomic E-state index is 10.7. The number of aliphatic hydroxyl groups is 1. The molecule has 3 N–H and O–H groups in total. The first-order valence-corrected chi connectivity index (χ1v) is 5.77. The van der Waals surface area contributed by atoms with Gasteiger partial charge < -0.3 is 20.3 Å². The standard InChI is InChI=1S/C11H21NO4/c1-7(2)9(6-13)12-5-8-3-4-10(16-8)11(14)15/h7-10,12-13H,3-6H2,1-2H3,(H,14,15). The molecular formula is C11H21NO4. The summed E-state index contributed by atoms with van der Waals surface area (Å²) in [4.78, 5) is 10.7. The van der Waals surface area contributed by atoms with Crippen LogP contribution in [-0.4, -0.2) is 47.6 Å². The SMILES string of the molecule is CC(C)C(CO)NCC1CCC(C(=O)O)O1. The van der Waals surface area contributed by atoms with Crippen molar-refractivity contribution in [1.82, 2.24) is 5.32 Å². The molecular weight excluding hydrogens is 210 g/mol. The Balaban J connectivity index is 2.26. The molecule has 3 atom stereocenters. The van der Waals surface area contributed by atoms with Gasteiger partial charge in [-0.25, -0.2) is 4.79 Å². The molecule has 0 radical (unpaired) electrons. The Kier molecular flexibility index (Phi) is 5.18. The topological polar surface area (TPSA) is 78.8 Å². The van der Waals surface area contributed by atoms with Gasteiger partial charge in [-0.05, 0) is 18.8 Å². The molecule has 0 aromatic carbocycles. The van der Waals surface area contributed by atoms with Gasteiger partial charge in [0.2, 0.25) is 0 Å². The van der Waals surface area contributed by atoms with Gasteiger partial charge in [-0.2, -0.15) is 0 Å². The number of nitrogens with one attached hydrogen (secondary N) is 1. The van der Waals surface area contributed by atoms with Crippen LogP contribution in [0, 0.1) is 5.92 Å². The van der Waals surface area contributed by atoms with Crippen LogP contribution in [0.25, 0.3) is 0 Å². The lowest BCUT2D eigenvalue weighted by atomic mass is 10.1. The van der Waals surface area contributed by atoms with Crippen molar-refractivity contribution in [1.29, 1.82) is 0 Å². The van der Waals surface area contributed by atoms with Crippen LogP contribution in [0.5, 0.6) is 0 Å². The minimum atomic E-state index is -0.884. The Morgan fingerprint density at radius 2 is 2.19 bits per heavy atom. The van der Waals surface area contributed by atoms with Gasteiger partial charge in [-0.3, -0.25) is 0 Å². The van der Waals surface area contributed by atoms with Gasteiger partial charge in [0.25, 0.3) is 0 Å². The first kappa shape index (κ1) is 13.4. The molecule has 0 aromatic heterocycles. The van der Waals surface area contributed by atoms with E-state index < -0.39 is 12.1 Å². The monoisotopic (exact) mass is 231 g/mol. The molecule has 16 heavy (non-hydrogen) atoms. The number of carboxylic acids is 1. The highest BCUT2D eigenvalue weighted by Gasteiger charge is 2.30. The Labute approximate surface area is 95.8 Å². The zero-order valence-electron chi connectivity index (χ0n) is 9.85. The first-order valence-electron chi connectivity index (χ1n) is 5.77. The fraction of sp³-hybridized carbons (Fsp3) is 0.909. The third-order valence-electron chi connectivity index (χ3n) is 2.99. The molecule has 1 aliphatic heterocycles. The van der Waals surface area contributed by atoms with Crippen molar-refractivity contribution in [3.05, 3.63) is 0 Å². The second-order valence-electron chi connectivity index (χ2n) is 4.60.